The highest BCUT2D eigenvalue weighted by Gasteiger charge is 2.22. The molecule has 0 saturated carbocycles. The van der Waals surface area contributed by atoms with E-state index in [1.807, 2.05) is 6.92 Å². The molecular weight excluding hydrogens is 464 g/mol. The number of hydrogen-bond acceptors (Lipinski definition) is 5. The zero-order valence-corrected chi connectivity index (χ0v) is 18.6. The van der Waals surface area contributed by atoms with Crippen LogP contribution < -0.4 is 10.2 Å². The second-order valence-corrected chi connectivity index (χ2v) is 7.43. The lowest BCUT2D eigenvalue weighted by molar-refractivity contribution is 0.0505. The molecule has 0 aliphatic carbocycles. The molecule has 1 N–H and O–H groups in total. The van der Waals surface area contributed by atoms with Gasteiger partial charge in [0.05, 0.1) is 23.4 Å². The van der Waals surface area contributed by atoms with E-state index in [0.29, 0.717) is 33.8 Å². The van der Waals surface area contributed by atoms with Crippen molar-refractivity contribution in [1.29, 1.82) is 0 Å². The number of benzene rings is 2. The van der Waals surface area contributed by atoms with Crippen LogP contribution in [0.1, 0.15) is 44.6 Å². The van der Waals surface area contributed by atoms with E-state index in [1.165, 1.54) is 4.90 Å². The minimum atomic E-state index is -0.408. The van der Waals surface area contributed by atoms with E-state index in [9.17, 15) is 14.4 Å². The van der Waals surface area contributed by atoms with Crippen LogP contribution in [0.3, 0.4) is 0 Å². The monoisotopic (exact) mass is 484 g/mol. The van der Waals surface area contributed by atoms with Gasteiger partial charge in [0.2, 0.25) is 0 Å². The molecule has 0 fully saturated rings. The van der Waals surface area contributed by atoms with Crippen LogP contribution in [0.2, 0.25) is 0 Å². The molecule has 0 aliphatic rings. The number of carbonyl (C=O) groups is 3. The Balaban J connectivity index is 1.75. The van der Waals surface area contributed by atoms with E-state index in [1.54, 1.807) is 67.7 Å². The molecule has 0 bridgehead atoms. The molecule has 2 aromatic carbocycles. The predicted molar refractivity (Wildman–Crippen MR) is 121 cm³/mol. The molecule has 0 atom stereocenters. The lowest BCUT2D eigenvalue weighted by atomic mass is 10.1. The Hall–Kier alpha value is -3.39. The van der Waals surface area contributed by atoms with Crippen LogP contribution in [0.4, 0.5) is 11.4 Å². The number of amides is 2. The average Bonchev–Trinajstić information content (AvgIpc) is 3.23. The second kappa shape index (κ2) is 10.1. The first-order chi connectivity index (χ1) is 14.9. The van der Waals surface area contributed by atoms with Crippen LogP contribution in [0.15, 0.2) is 69.8 Å². The zero-order chi connectivity index (χ0) is 22.4. The maximum Gasteiger partial charge on any atom is 0.338 e. The summed E-state index contributed by atoms with van der Waals surface area (Å²) in [5.41, 5.74) is 1.66. The van der Waals surface area contributed by atoms with Crippen molar-refractivity contribution in [2.75, 3.05) is 23.9 Å². The van der Waals surface area contributed by atoms with Crippen molar-refractivity contribution >= 4 is 45.1 Å². The van der Waals surface area contributed by atoms with Crippen molar-refractivity contribution < 1.29 is 23.5 Å². The van der Waals surface area contributed by atoms with E-state index >= 15 is 0 Å². The number of furan rings is 1. The molecule has 1 aromatic heterocycles. The number of halogens is 1. The normalized spacial score (nSPS) is 10.4. The Bertz CT molecular complexity index is 1090. The summed E-state index contributed by atoms with van der Waals surface area (Å²) in [6, 6.07) is 16.4. The predicted octanol–water partition coefficient (Wildman–Crippen LogP) is 5.14. The van der Waals surface area contributed by atoms with Crippen molar-refractivity contribution in [1.82, 2.24) is 0 Å². The van der Waals surface area contributed by atoms with E-state index in [0.717, 1.165) is 6.42 Å². The first-order valence-electron chi connectivity index (χ1n) is 9.61. The smallest absolute Gasteiger partial charge is 0.338 e. The number of hydrogen-bond donors (Lipinski definition) is 1. The van der Waals surface area contributed by atoms with Gasteiger partial charge in [0.1, 0.15) is 0 Å². The van der Waals surface area contributed by atoms with Crippen LogP contribution in [-0.4, -0.2) is 31.4 Å². The molecule has 0 saturated heterocycles. The van der Waals surface area contributed by atoms with Crippen LogP contribution in [0.25, 0.3) is 0 Å². The molecule has 1 heterocycles. The summed E-state index contributed by atoms with van der Waals surface area (Å²) < 4.78 is 10.9. The molecule has 2 amide bonds. The van der Waals surface area contributed by atoms with Gasteiger partial charge in [0, 0.05) is 12.7 Å². The quantitative estimate of drug-likeness (QED) is 0.469. The van der Waals surface area contributed by atoms with Gasteiger partial charge in [-0.2, -0.15) is 0 Å². The number of para-hydroxylation sites is 1. The molecule has 8 heteroatoms. The van der Waals surface area contributed by atoms with Gasteiger partial charge in [-0.15, -0.1) is 0 Å². The SMILES string of the molecule is CCCOC(=O)c1ccc(NC(=O)c2ccccc2N(C)C(=O)c2ccc(Br)o2)cc1. The van der Waals surface area contributed by atoms with Gasteiger partial charge in [0.15, 0.2) is 10.4 Å². The Labute approximate surface area is 188 Å². The third-order valence-electron chi connectivity index (χ3n) is 4.41. The van der Waals surface area contributed by atoms with Gasteiger partial charge in [-0.1, -0.05) is 19.1 Å². The standard InChI is InChI=1S/C23H21BrN2O5/c1-3-14-30-23(29)15-8-10-16(11-9-15)25-21(27)17-6-4-5-7-18(17)26(2)22(28)19-12-13-20(24)31-19/h4-13H,3,14H2,1-2H3,(H,25,27). The summed E-state index contributed by atoms with van der Waals surface area (Å²) in [5.74, 6) is -1.04. The molecule has 3 rings (SSSR count). The van der Waals surface area contributed by atoms with Gasteiger partial charge in [-0.25, -0.2) is 4.79 Å². The van der Waals surface area contributed by atoms with Crippen LogP contribution in [0.5, 0.6) is 0 Å². The minimum absolute atomic E-state index is 0.148. The van der Waals surface area contributed by atoms with Gasteiger partial charge in [-0.3, -0.25) is 9.59 Å². The summed E-state index contributed by atoms with van der Waals surface area (Å²) in [7, 11) is 1.57. The molecule has 31 heavy (non-hydrogen) atoms. The fourth-order valence-corrected chi connectivity index (χ4v) is 3.13. The summed E-state index contributed by atoms with van der Waals surface area (Å²) in [6.45, 7) is 2.28. The van der Waals surface area contributed by atoms with Crippen molar-refractivity contribution in [3.63, 3.8) is 0 Å². The lowest BCUT2D eigenvalue weighted by Crippen LogP contribution is -2.28. The summed E-state index contributed by atoms with van der Waals surface area (Å²) in [5, 5.41) is 2.79. The summed E-state index contributed by atoms with van der Waals surface area (Å²) >= 11 is 3.18. The van der Waals surface area contributed by atoms with Crippen molar-refractivity contribution in [2.24, 2.45) is 0 Å². The van der Waals surface area contributed by atoms with Crippen LogP contribution in [0, 0.1) is 0 Å². The molecule has 160 valence electrons. The van der Waals surface area contributed by atoms with Gasteiger partial charge in [0.25, 0.3) is 11.8 Å². The number of ether oxygens (including phenoxy) is 1. The molecule has 7 nitrogen and oxygen atoms in total. The Morgan fingerprint density at radius 1 is 1.03 bits per heavy atom. The largest absolute Gasteiger partial charge is 0.462 e. The number of nitrogens with one attached hydrogen (secondary N) is 1. The average molecular weight is 485 g/mol. The second-order valence-electron chi connectivity index (χ2n) is 6.65. The van der Waals surface area contributed by atoms with Crippen molar-refractivity contribution in [3.8, 4) is 0 Å². The van der Waals surface area contributed by atoms with Gasteiger partial charge < -0.3 is 19.4 Å². The van der Waals surface area contributed by atoms with Crippen molar-refractivity contribution in [2.45, 2.75) is 13.3 Å². The Morgan fingerprint density at radius 2 is 1.74 bits per heavy atom. The zero-order valence-electron chi connectivity index (χ0n) is 17.1. The van der Waals surface area contributed by atoms with Crippen LogP contribution >= 0.6 is 15.9 Å². The highest BCUT2D eigenvalue weighted by molar-refractivity contribution is 9.10. The molecule has 0 spiro atoms. The maximum atomic E-state index is 12.9. The van der Waals surface area contributed by atoms with E-state index in [-0.39, 0.29) is 11.7 Å². The van der Waals surface area contributed by atoms with Gasteiger partial charge >= 0.3 is 5.97 Å². The summed E-state index contributed by atoms with van der Waals surface area (Å²) in [4.78, 5) is 38.9. The maximum absolute atomic E-state index is 12.9. The topological polar surface area (TPSA) is 88.9 Å². The van der Waals surface area contributed by atoms with E-state index in [4.69, 9.17) is 9.15 Å². The third-order valence-corrected chi connectivity index (χ3v) is 4.84. The highest BCUT2D eigenvalue weighted by Crippen LogP contribution is 2.24. The number of carbonyl (C=O) groups excluding carboxylic acids is 3. The van der Waals surface area contributed by atoms with E-state index < -0.39 is 11.9 Å². The van der Waals surface area contributed by atoms with Gasteiger partial charge in [-0.05, 0) is 70.9 Å². The lowest BCUT2D eigenvalue weighted by Gasteiger charge is -2.19. The fourth-order valence-electron chi connectivity index (χ4n) is 2.83. The molecular formula is C23H21BrN2O5. The van der Waals surface area contributed by atoms with Crippen LogP contribution in [-0.2, 0) is 4.74 Å². The molecule has 0 aliphatic heterocycles. The highest BCUT2D eigenvalue weighted by atomic mass is 79.9. The number of anilines is 2. The number of nitrogens with zero attached hydrogens (tertiary/aromatic N) is 1. The summed E-state index contributed by atoms with van der Waals surface area (Å²) in [6.07, 6.45) is 0.743. The Morgan fingerprint density at radius 3 is 2.39 bits per heavy atom. The van der Waals surface area contributed by atoms with E-state index in [2.05, 4.69) is 21.2 Å². The first-order valence-corrected chi connectivity index (χ1v) is 10.4. The number of rotatable bonds is 7. The molecule has 0 unspecified atom stereocenters. The first kappa shape index (κ1) is 22.3. The molecule has 0 radical (unpaired) electrons. The molecule has 3 aromatic rings. The fraction of sp³-hybridized carbons (Fsp3) is 0.174. The number of esters is 1. The Kier molecular flexibility index (Phi) is 7.25. The van der Waals surface area contributed by atoms with Crippen molar-refractivity contribution in [3.05, 3.63) is 82.2 Å². The minimum Gasteiger partial charge on any atom is -0.462 e. The third kappa shape index (κ3) is 5.40.